The van der Waals surface area contributed by atoms with Gasteiger partial charge in [-0.1, -0.05) is 30.7 Å². The molecular weight excluding hydrogens is 370 g/mol. The molecule has 0 aliphatic heterocycles. The Kier molecular flexibility index (Phi) is 5.44. The molecule has 7 heteroatoms. The van der Waals surface area contributed by atoms with Gasteiger partial charge in [0.05, 0.1) is 16.8 Å². The molecule has 3 rings (SSSR count). The maximum Gasteiger partial charge on any atom is 0.261 e. The van der Waals surface area contributed by atoms with E-state index in [1.807, 2.05) is 12.1 Å². The Bertz CT molecular complexity index is 971. The van der Waals surface area contributed by atoms with Crippen molar-refractivity contribution >= 4 is 38.8 Å². The van der Waals surface area contributed by atoms with Gasteiger partial charge in [-0.2, -0.15) is 0 Å². The van der Waals surface area contributed by atoms with Crippen LogP contribution in [-0.2, 0) is 16.4 Å². The summed E-state index contributed by atoms with van der Waals surface area (Å²) < 4.78 is 27.2. The monoisotopic (exact) mass is 387 g/mol. The van der Waals surface area contributed by atoms with E-state index in [-0.39, 0.29) is 4.90 Å². The van der Waals surface area contributed by atoms with E-state index >= 15 is 0 Å². The van der Waals surface area contributed by atoms with Gasteiger partial charge in [-0.15, -0.1) is 0 Å². The topological polar surface area (TPSA) is 71.1 Å². The lowest BCUT2D eigenvalue weighted by Gasteiger charge is -2.10. The standard InChI is InChI=1S/C19H18ClN3O2S/c1-2-14-3-7-16(8-4-14)22-19-12-9-17(13-21-19)23-26(24,25)18-10-5-15(20)6-11-18/h3-13,23H,2H2,1H3,(H,21,22). The van der Waals surface area contributed by atoms with E-state index in [1.54, 1.807) is 12.1 Å². The Morgan fingerprint density at radius 1 is 0.923 bits per heavy atom. The molecule has 0 radical (unpaired) electrons. The van der Waals surface area contributed by atoms with Gasteiger partial charge in [-0.25, -0.2) is 13.4 Å². The first kappa shape index (κ1) is 18.2. The average molecular weight is 388 g/mol. The highest BCUT2D eigenvalue weighted by atomic mass is 35.5. The third kappa shape index (κ3) is 4.53. The van der Waals surface area contributed by atoms with Gasteiger partial charge in [0.2, 0.25) is 0 Å². The normalized spacial score (nSPS) is 11.2. The second kappa shape index (κ2) is 7.76. The van der Waals surface area contributed by atoms with E-state index in [0.717, 1.165) is 12.1 Å². The molecule has 0 saturated heterocycles. The Morgan fingerprint density at radius 3 is 2.15 bits per heavy atom. The van der Waals surface area contributed by atoms with E-state index in [0.29, 0.717) is 16.5 Å². The number of pyridine rings is 1. The minimum atomic E-state index is -3.68. The van der Waals surface area contributed by atoms with Crippen molar-refractivity contribution in [3.05, 3.63) is 77.4 Å². The second-order valence-corrected chi connectivity index (χ2v) is 7.79. The summed E-state index contributed by atoms with van der Waals surface area (Å²) in [6.07, 6.45) is 2.46. The lowest BCUT2D eigenvalue weighted by Crippen LogP contribution is -2.13. The zero-order chi connectivity index (χ0) is 18.6. The number of sulfonamides is 1. The van der Waals surface area contributed by atoms with Gasteiger partial charge in [-0.3, -0.25) is 4.72 Å². The van der Waals surface area contributed by atoms with Gasteiger partial charge in [0.25, 0.3) is 10.0 Å². The summed E-state index contributed by atoms with van der Waals surface area (Å²) in [6.45, 7) is 2.10. The predicted octanol–water partition coefficient (Wildman–Crippen LogP) is 4.84. The molecule has 134 valence electrons. The molecule has 0 amide bonds. The molecule has 2 aromatic carbocycles. The quantitative estimate of drug-likeness (QED) is 0.634. The van der Waals surface area contributed by atoms with Crippen LogP contribution in [0, 0.1) is 0 Å². The van der Waals surface area contributed by atoms with Crippen LogP contribution in [0.5, 0.6) is 0 Å². The third-order valence-electron chi connectivity index (χ3n) is 3.77. The molecule has 1 aromatic heterocycles. The first-order chi connectivity index (χ1) is 12.5. The summed E-state index contributed by atoms with van der Waals surface area (Å²) in [4.78, 5) is 4.39. The van der Waals surface area contributed by atoms with Crippen molar-refractivity contribution in [1.82, 2.24) is 4.98 Å². The van der Waals surface area contributed by atoms with Crippen LogP contribution in [0.25, 0.3) is 0 Å². The fraction of sp³-hybridized carbons (Fsp3) is 0.105. The second-order valence-electron chi connectivity index (χ2n) is 5.67. The SMILES string of the molecule is CCc1ccc(Nc2ccc(NS(=O)(=O)c3ccc(Cl)cc3)cn2)cc1. The van der Waals surface area contributed by atoms with Gasteiger partial charge in [-0.05, 0) is 60.5 Å². The van der Waals surface area contributed by atoms with Gasteiger partial charge in [0, 0.05) is 10.7 Å². The third-order valence-corrected chi connectivity index (χ3v) is 5.42. The summed E-state index contributed by atoms with van der Waals surface area (Å²) in [5, 5.41) is 3.66. The maximum atomic E-state index is 12.4. The highest BCUT2D eigenvalue weighted by Gasteiger charge is 2.14. The van der Waals surface area contributed by atoms with Crippen LogP contribution in [0.2, 0.25) is 5.02 Å². The number of halogens is 1. The summed E-state index contributed by atoms with van der Waals surface area (Å²) in [5.74, 6) is 0.628. The zero-order valence-electron chi connectivity index (χ0n) is 14.1. The van der Waals surface area contributed by atoms with Crippen LogP contribution in [0.4, 0.5) is 17.2 Å². The van der Waals surface area contributed by atoms with Crippen LogP contribution in [-0.4, -0.2) is 13.4 Å². The van der Waals surface area contributed by atoms with Crippen LogP contribution >= 0.6 is 11.6 Å². The van der Waals surface area contributed by atoms with Crippen LogP contribution in [0.1, 0.15) is 12.5 Å². The summed E-state index contributed by atoms with van der Waals surface area (Å²) >= 11 is 5.79. The largest absolute Gasteiger partial charge is 0.340 e. The van der Waals surface area contributed by atoms with Crippen molar-refractivity contribution in [2.75, 3.05) is 10.0 Å². The number of hydrogen-bond donors (Lipinski definition) is 2. The molecule has 0 bridgehead atoms. The van der Waals surface area contributed by atoms with Crippen molar-refractivity contribution in [3.63, 3.8) is 0 Å². The van der Waals surface area contributed by atoms with Crippen LogP contribution in [0.15, 0.2) is 71.8 Å². The molecule has 2 N–H and O–H groups in total. The molecule has 5 nitrogen and oxygen atoms in total. The molecule has 0 unspecified atom stereocenters. The average Bonchev–Trinajstić information content (AvgIpc) is 2.64. The smallest absolute Gasteiger partial charge is 0.261 e. The van der Waals surface area contributed by atoms with Gasteiger partial charge >= 0.3 is 0 Å². The highest BCUT2D eigenvalue weighted by molar-refractivity contribution is 7.92. The van der Waals surface area contributed by atoms with E-state index in [2.05, 4.69) is 34.1 Å². The van der Waals surface area contributed by atoms with E-state index < -0.39 is 10.0 Å². The fourth-order valence-electron chi connectivity index (χ4n) is 2.33. The Hall–Kier alpha value is -2.57. The molecule has 0 atom stereocenters. The molecular formula is C19H18ClN3O2S. The van der Waals surface area contributed by atoms with Crippen molar-refractivity contribution in [2.24, 2.45) is 0 Å². The first-order valence-corrected chi connectivity index (χ1v) is 9.93. The number of rotatable bonds is 6. The summed E-state index contributed by atoms with van der Waals surface area (Å²) in [6, 6.07) is 17.4. The predicted molar refractivity (Wildman–Crippen MR) is 106 cm³/mol. The number of nitrogens with zero attached hydrogens (tertiary/aromatic N) is 1. The molecule has 1 heterocycles. The maximum absolute atomic E-state index is 12.4. The van der Waals surface area contributed by atoms with Crippen LogP contribution in [0.3, 0.4) is 0 Å². The zero-order valence-corrected chi connectivity index (χ0v) is 15.7. The summed E-state index contributed by atoms with van der Waals surface area (Å²) in [7, 11) is -3.68. The first-order valence-electron chi connectivity index (χ1n) is 8.07. The Balaban J connectivity index is 1.69. The van der Waals surface area contributed by atoms with Gasteiger partial charge in [0.1, 0.15) is 5.82 Å². The van der Waals surface area contributed by atoms with E-state index in [1.165, 1.54) is 36.0 Å². The molecule has 0 saturated carbocycles. The Morgan fingerprint density at radius 2 is 1.58 bits per heavy atom. The van der Waals surface area contributed by atoms with E-state index in [9.17, 15) is 8.42 Å². The minimum Gasteiger partial charge on any atom is -0.340 e. The molecule has 0 fully saturated rings. The molecule has 0 aliphatic carbocycles. The minimum absolute atomic E-state index is 0.139. The number of aryl methyl sites for hydroxylation is 1. The van der Waals surface area contributed by atoms with Gasteiger partial charge in [0.15, 0.2) is 0 Å². The van der Waals surface area contributed by atoms with E-state index in [4.69, 9.17) is 11.6 Å². The molecule has 0 spiro atoms. The van der Waals surface area contributed by atoms with Crippen LogP contribution < -0.4 is 10.0 Å². The highest BCUT2D eigenvalue weighted by Crippen LogP contribution is 2.20. The number of anilines is 3. The lowest BCUT2D eigenvalue weighted by atomic mass is 10.1. The number of aromatic nitrogens is 1. The van der Waals surface area contributed by atoms with Crippen molar-refractivity contribution in [1.29, 1.82) is 0 Å². The summed E-state index contributed by atoms with van der Waals surface area (Å²) in [5.41, 5.74) is 2.56. The Labute approximate surface area is 158 Å². The number of nitrogens with one attached hydrogen (secondary N) is 2. The number of benzene rings is 2. The van der Waals surface area contributed by atoms with Crippen molar-refractivity contribution in [3.8, 4) is 0 Å². The number of hydrogen-bond acceptors (Lipinski definition) is 4. The fourth-order valence-corrected chi connectivity index (χ4v) is 3.50. The van der Waals surface area contributed by atoms with Crippen molar-refractivity contribution < 1.29 is 8.42 Å². The molecule has 3 aromatic rings. The van der Waals surface area contributed by atoms with Gasteiger partial charge < -0.3 is 5.32 Å². The molecule has 0 aliphatic rings. The lowest BCUT2D eigenvalue weighted by molar-refractivity contribution is 0.601. The van der Waals surface area contributed by atoms with Crippen molar-refractivity contribution in [2.45, 2.75) is 18.2 Å². The molecule has 26 heavy (non-hydrogen) atoms.